The van der Waals surface area contributed by atoms with E-state index < -0.39 is 0 Å². The fraction of sp³-hybridized carbons (Fsp3) is 1.00. The molecule has 0 aromatic carbocycles. The molecule has 3 aliphatic rings. The molecular weight excluding hydrogens is 238 g/mol. The van der Waals surface area contributed by atoms with Crippen LogP contribution in [0.2, 0.25) is 0 Å². The van der Waals surface area contributed by atoms with E-state index in [0.717, 1.165) is 38.3 Å². The highest BCUT2D eigenvalue weighted by Gasteiger charge is 2.37. The van der Waals surface area contributed by atoms with Crippen molar-refractivity contribution >= 4 is 0 Å². The lowest BCUT2D eigenvalue weighted by Gasteiger charge is -2.41. The summed E-state index contributed by atoms with van der Waals surface area (Å²) in [5.41, 5.74) is 0.481. The van der Waals surface area contributed by atoms with Crippen molar-refractivity contribution in [3.05, 3.63) is 0 Å². The third-order valence-electron chi connectivity index (χ3n) is 5.12. The Hall–Kier alpha value is -0.120. The van der Waals surface area contributed by atoms with Gasteiger partial charge in [0.15, 0.2) is 0 Å². The van der Waals surface area contributed by atoms with Gasteiger partial charge in [-0.2, -0.15) is 0 Å². The second-order valence-electron chi connectivity index (χ2n) is 7.74. The van der Waals surface area contributed by atoms with E-state index in [1.807, 2.05) is 0 Å². The molecule has 3 fully saturated rings. The second-order valence-corrected chi connectivity index (χ2v) is 7.74. The van der Waals surface area contributed by atoms with E-state index in [1.165, 1.54) is 25.7 Å². The minimum atomic E-state index is 0.481. The van der Waals surface area contributed by atoms with Crippen molar-refractivity contribution in [2.45, 2.75) is 64.7 Å². The van der Waals surface area contributed by atoms with E-state index in [0.29, 0.717) is 17.6 Å². The van der Waals surface area contributed by atoms with Crippen LogP contribution in [0.25, 0.3) is 0 Å². The first-order chi connectivity index (χ1) is 9.02. The molecule has 0 amide bonds. The first-order valence-electron chi connectivity index (χ1n) is 7.99. The third kappa shape index (κ3) is 3.93. The molecule has 2 saturated heterocycles. The van der Waals surface area contributed by atoms with Gasteiger partial charge in [0.25, 0.3) is 0 Å². The fourth-order valence-corrected chi connectivity index (χ4v) is 3.55. The lowest BCUT2D eigenvalue weighted by Crippen LogP contribution is -2.43. The van der Waals surface area contributed by atoms with Gasteiger partial charge in [-0.3, -0.25) is 4.90 Å². The van der Waals surface area contributed by atoms with Crippen LogP contribution >= 0.6 is 0 Å². The van der Waals surface area contributed by atoms with Crippen LogP contribution in [0.5, 0.6) is 0 Å². The van der Waals surface area contributed by atoms with Gasteiger partial charge in [-0.05, 0) is 37.0 Å². The zero-order valence-electron chi connectivity index (χ0n) is 12.7. The van der Waals surface area contributed by atoms with Crippen LogP contribution in [0.15, 0.2) is 0 Å². The minimum absolute atomic E-state index is 0.481. The van der Waals surface area contributed by atoms with E-state index in [4.69, 9.17) is 9.47 Å². The molecule has 0 radical (unpaired) electrons. The molecule has 0 aromatic heterocycles. The van der Waals surface area contributed by atoms with Crippen LogP contribution in [0.4, 0.5) is 0 Å². The molecule has 0 bridgehead atoms. The van der Waals surface area contributed by atoms with Gasteiger partial charge in [-0.15, -0.1) is 0 Å². The van der Waals surface area contributed by atoms with E-state index in [2.05, 4.69) is 25.7 Å². The van der Waals surface area contributed by atoms with Crippen molar-refractivity contribution in [3.8, 4) is 0 Å². The van der Waals surface area contributed by atoms with Crippen LogP contribution in [0, 0.1) is 11.3 Å². The predicted octanol–water partition coefficient (Wildman–Crippen LogP) is 2.69. The van der Waals surface area contributed by atoms with Gasteiger partial charge in [-0.25, -0.2) is 0 Å². The van der Waals surface area contributed by atoms with Gasteiger partial charge in [0, 0.05) is 19.1 Å². The van der Waals surface area contributed by atoms with Gasteiger partial charge >= 0.3 is 0 Å². The summed E-state index contributed by atoms with van der Waals surface area (Å²) >= 11 is 0. The topological polar surface area (TPSA) is 28.3 Å². The summed E-state index contributed by atoms with van der Waals surface area (Å²) in [6.45, 7) is 11.4. The summed E-state index contributed by atoms with van der Waals surface area (Å²) in [5, 5.41) is 0. The van der Waals surface area contributed by atoms with Gasteiger partial charge in [-0.1, -0.05) is 20.8 Å². The first-order valence-corrected chi connectivity index (χ1v) is 7.99. The average Bonchev–Trinajstić information content (AvgIpc) is 3.22. The number of hydrogen-bond donors (Lipinski definition) is 0. The monoisotopic (exact) mass is 267 g/mol. The first kappa shape index (κ1) is 13.8. The summed E-state index contributed by atoms with van der Waals surface area (Å²) < 4.78 is 10.8. The highest BCUT2D eigenvalue weighted by molar-refractivity contribution is 4.89. The average molecular weight is 267 g/mol. The van der Waals surface area contributed by atoms with Crippen LogP contribution in [0.3, 0.4) is 0 Å². The Morgan fingerprint density at radius 2 is 1.37 bits per heavy atom. The molecule has 3 rings (SSSR count). The molecule has 2 aliphatic heterocycles. The quantitative estimate of drug-likeness (QED) is 0.717. The molecular formula is C16H29NO2. The second kappa shape index (κ2) is 5.34. The highest BCUT2D eigenvalue weighted by Crippen LogP contribution is 2.39. The fourth-order valence-electron chi connectivity index (χ4n) is 3.55. The molecule has 19 heavy (non-hydrogen) atoms. The molecule has 1 aliphatic carbocycles. The van der Waals surface area contributed by atoms with E-state index in [-0.39, 0.29) is 0 Å². The Bertz CT molecular complexity index is 282. The Kier molecular flexibility index (Phi) is 3.89. The number of rotatable bonds is 5. The maximum absolute atomic E-state index is 5.42. The summed E-state index contributed by atoms with van der Waals surface area (Å²) in [7, 11) is 0. The van der Waals surface area contributed by atoms with Gasteiger partial charge < -0.3 is 9.47 Å². The minimum Gasteiger partial charge on any atom is -0.372 e. The number of ether oxygens (including phenoxy) is 2. The van der Waals surface area contributed by atoms with Crippen LogP contribution < -0.4 is 0 Å². The van der Waals surface area contributed by atoms with E-state index in [9.17, 15) is 0 Å². The van der Waals surface area contributed by atoms with Crippen LogP contribution in [0.1, 0.15) is 46.5 Å². The van der Waals surface area contributed by atoms with E-state index >= 15 is 0 Å². The van der Waals surface area contributed by atoms with Crippen molar-refractivity contribution in [1.29, 1.82) is 0 Å². The van der Waals surface area contributed by atoms with E-state index in [1.54, 1.807) is 0 Å². The highest BCUT2D eigenvalue weighted by atomic mass is 16.6. The summed E-state index contributed by atoms with van der Waals surface area (Å²) in [6.07, 6.45) is 6.53. The number of hydrogen-bond acceptors (Lipinski definition) is 3. The molecule has 3 heteroatoms. The smallest absolute Gasteiger partial charge is 0.0936 e. The standard InChI is InChI=1S/C16H29NO2/c1-16(2,3)12-4-6-13(7-5-12)17(8-14-10-18-14)9-15-11-19-15/h12-15H,4-11H2,1-3H3. The maximum atomic E-state index is 5.42. The van der Waals surface area contributed by atoms with Crippen molar-refractivity contribution in [2.24, 2.45) is 11.3 Å². The van der Waals surface area contributed by atoms with Gasteiger partial charge in [0.2, 0.25) is 0 Å². The lowest BCUT2D eigenvalue weighted by atomic mass is 9.71. The molecule has 1 saturated carbocycles. The molecule has 0 aromatic rings. The Morgan fingerprint density at radius 3 is 1.74 bits per heavy atom. The SMILES string of the molecule is CC(C)(C)C1CCC(N(CC2CO2)CC2CO2)CC1. The number of epoxide rings is 2. The zero-order chi connectivity index (χ0) is 13.5. The molecule has 0 N–H and O–H groups in total. The summed E-state index contributed by atoms with van der Waals surface area (Å²) in [4.78, 5) is 2.66. The lowest BCUT2D eigenvalue weighted by molar-refractivity contribution is 0.0851. The molecule has 3 nitrogen and oxygen atoms in total. The third-order valence-corrected chi connectivity index (χ3v) is 5.12. The molecule has 110 valence electrons. The summed E-state index contributed by atoms with van der Waals surface area (Å²) in [5.74, 6) is 0.903. The van der Waals surface area contributed by atoms with Crippen molar-refractivity contribution in [3.63, 3.8) is 0 Å². The van der Waals surface area contributed by atoms with Crippen LogP contribution in [-0.2, 0) is 9.47 Å². The normalized spacial score (nSPS) is 38.5. The maximum Gasteiger partial charge on any atom is 0.0936 e. The molecule has 2 heterocycles. The van der Waals surface area contributed by atoms with Crippen molar-refractivity contribution in [1.82, 2.24) is 4.90 Å². The zero-order valence-corrected chi connectivity index (χ0v) is 12.7. The Labute approximate surface area is 117 Å². The molecule has 2 atom stereocenters. The predicted molar refractivity (Wildman–Crippen MR) is 76.3 cm³/mol. The van der Waals surface area contributed by atoms with Crippen molar-refractivity contribution in [2.75, 3.05) is 26.3 Å². The molecule has 2 unspecified atom stereocenters. The van der Waals surface area contributed by atoms with Crippen LogP contribution in [-0.4, -0.2) is 49.5 Å². The largest absolute Gasteiger partial charge is 0.372 e. The molecule has 0 spiro atoms. The van der Waals surface area contributed by atoms with Crippen molar-refractivity contribution < 1.29 is 9.47 Å². The Balaban J connectivity index is 1.51. The Morgan fingerprint density at radius 1 is 0.895 bits per heavy atom. The number of nitrogens with zero attached hydrogens (tertiary/aromatic N) is 1. The summed E-state index contributed by atoms with van der Waals surface area (Å²) in [6, 6.07) is 0.770. The van der Waals surface area contributed by atoms with Gasteiger partial charge in [0.05, 0.1) is 25.4 Å². The van der Waals surface area contributed by atoms with Gasteiger partial charge in [0.1, 0.15) is 0 Å².